The van der Waals surface area contributed by atoms with Gasteiger partial charge >= 0.3 is 0 Å². The van der Waals surface area contributed by atoms with Crippen LogP contribution in [-0.4, -0.2) is 38.0 Å². The van der Waals surface area contributed by atoms with Crippen LogP contribution in [0.15, 0.2) is 12.7 Å². The zero-order valence-corrected chi connectivity index (χ0v) is 8.71. The predicted octanol–water partition coefficient (Wildman–Crippen LogP) is -0.986. The lowest BCUT2D eigenvalue weighted by molar-refractivity contribution is -0.135. The third-order valence-electron chi connectivity index (χ3n) is 2.24. The first-order valence-electron chi connectivity index (χ1n) is 5.12. The number of nitrogens with one attached hydrogen (secondary N) is 3. The standard InChI is InChI=1S/C10H17N3O2/c1-2-3-8-9(14)12-6-4-11-5-7-13-10(8)15/h2,8,11H,1,3-7H2,(H,12,14)(H,13,15). The molecule has 1 fully saturated rings. The molecule has 1 aliphatic rings. The molecule has 0 aromatic rings. The maximum absolute atomic E-state index is 11.6. The number of rotatable bonds is 2. The number of hydrogen-bond donors (Lipinski definition) is 3. The Kier molecular flexibility index (Phi) is 4.83. The molecule has 0 spiro atoms. The van der Waals surface area contributed by atoms with Crippen LogP contribution < -0.4 is 16.0 Å². The Morgan fingerprint density at radius 1 is 1.13 bits per heavy atom. The molecule has 0 aliphatic carbocycles. The summed E-state index contributed by atoms with van der Waals surface area (Å²) >= 11 is 0. The minimum atomic E-state index is -0.638. The van der Waals surface area contributed by atoms with Gasteiger partial charge in [-0.05, 0) is 6.42 Å². The van der Waals surface area contributed by atoms with Crippen molar-refractivity contribution < 1.29 is 9.59 Å². The van der Waals surface area contributed by atoms with Gasteiger partial charge in [-0.3, -0.25) is 9.59 Å². The monoisotopic (exact) mass is 211 g/mol. The molecule has 1 saturated heterocycles. The lowest BCUT2D eigenvalue weighted by Crippen LogP contribution is -2.46. The SMILES string of the molecule is C=CCC1C(=O)NCCNCCNC1=O. The van der Waals surface area contributed by atoms with E-state index in [0.29, 0.717) is 19.5 Å². The highest BCUT2D eigenvalue weighted by molar-refractivity contribution is 6.00. The van der Waals surface area contributed by atoms with Crippen LogP contribution in [0.25, 0.3) is 0 Å². The first-order valence-corrected chi connectivity index (χ1v) is 5.12. The Labute approximate surface area is 89.3 Å². The second-order valence-corrected chi connectivity index (χ2v) is 3.41. The van der Waals surface area contributed by atoms with E-state index in [2.05, 4.69) is 22.5 Å². The van der Waals surface area contributed by atoms with Gasteiger partial charge in [0.15, 0.2) is 0 Å². The van der Waals surface area contributed by atoms with Gasteiger partial charge in [-0.15, -0.1) is 6.58 Å². The van der Waals surface area contributed by atoms with Crippen LogP contribution in [0.4, 0.5) is 0 Å². The zero-order valence-electron chi connectivity index (χ0n) is 8.71. The highest BCUT2D eigenvalue weighted by Crippen LogP contribution is 2.04. The summed E-state index contributed by atoms with van der Waals surface area (Å²) in [7, 11) is 0. The van der Waals surface area contributed by atoms with E-state index in [4.69, 9.17) is 0 Å². The topological polar surface area (TPSA) is 70.2 Å². The van der Waals surface area contributed by atoms with Gasteiger partial charge in [0.05, 0.1) is 0 Å². The van der Waals surface area contributed by atoms with Crippen LogP contribution in [0.1, 0.15) is 6.42 Å². The largest absolute Gasteiger partial charge is 0.354 e. The van der Waals surface area contributed by atoms with Crippen LogP contribution in [0.5, 0.6) is 0 Å². The molecule has 1 aliphatic heterocycles. The molecule has 1 heterocycles. The molecular formula is C10H17N3O2. The Morgan fingerprint density at radius 2 is 1.67 bits per heavy atom. The molecule has 0 saturated carbocycles. The molecule has 3 N–H and O–H groups in total. The molecule has 0 radical (unpaired) electrons. The fourth-order valence-corrected chi connectivity index (χ4v) is 1.42. The highest BCUT2D eigenvalue weighted by Gasteiger charge is 2.24. The van der Waals surface area contributed by atoms with Gasteiger partial charge in [-0.25, -0.2) is 0 Å². The highest BCUT2D eigenvalue weighted by atomic mass is 16.2. The van der Waals surface area contributed by atoms with Crippen molar-refractivity contribution in [3.8, 4) is 0 Å². The third-order valence-corrected chi connectivity index (χ3v) is 2.24. The van der Waals surface area contributed by atoms with Crippen molar-refractivity contribution in [3.05, 3.63) is 12.7 Å². The van der Waals surface area contributed by atoms with Crippen molar-refractivity contribution in [2.45, 2.75) is 6.42 Å². The molecular weight excluding hydrogens is 194 g/mol. The van der Waals surface area contributed by atoms with E-state index in [1.807, 2.05) is 0 Å². The van der Waals surface area contributed by atoms with Crippen molar-refractivity contribution in [2.24, 2.45) is 5.92 Å². The predicted molar refractivity (Wildman–Crippen MR) is 57.2 cm³/mol. The molecule has 0 atom stereocenters. The van der Waals surface area contributed by atoms with E-state index in [0.717, 1.165) is 13.1 Å². The molecule has 0 aromatic carbocycles. The van der Waals surface area contributed by atoms with Gasteiger partial charge in [0.2, 0.25) is 11.8 Å². The van der Waals surface area contributed by atoms with Gasteiger partial charge in [-0.2, -0.15) is 0 Å². The van der Waals surface area contributed by atoms with E-state index in [-0.39, 0.29) is 11.8 Å². The Morgan fingerprint density at radius 3 is 2.13 bits per heavy atom. The number of hydrogen-bond acceptors (Lipinski definition) is 3. The number of carbonyl (C=O) groups excluding carboxylic acids is 2. The van der Waals surface area contributed by atoms with Crippen molar-refractivity contribution in [1.29, 1.82) is 0 Å². The smallest absolute Gasteiger partial charge is 0.232 e. The van der Waals surface area contributed by atoms with E-state index in [1.54, 1.807) is 6.08 Å². The summed E-state index contributed by atoms with van der Waals surface area (Å²) in [5, 5.41) is 8.51. The number of allylic oxidation sites excluding steroid dienone is 1. The summed E-state index contributed by atoms with van der Waals surface area (Å²) in [4.78, 5) is 23.2. The number of carbonyl (C=O) groups is 2. The van der Waals surface area contributed by atoms with Crippen LogP contribution in [0.2, 0.25) is 0 Å². The lowest BCUT2D eigenvalue weighted by Gasteiger charge is -2.17. The van der Waals surface area contributed by atoms with Crippen LogP contribution in [0.3, 0.4) is 0 Å². The summed E-state index contributed by atoms with van der Waals surface area (Å²) in [6.07, 6.45) is 1.97. The summed E-state index contributed by atoms with van der Waals surface area (Å²) < 4.78 is 0. The Bertz CT molecular complexity index is 233. The zero-order chi connectivity index (χ0) is 11.1. The van der Waals surface area contributed by atoms with Gasteiger partial charge in [0.25, 0.3) is 0 Å². The second kappa shape index (κ2) is 6.19. The summed E-state index contributed by atoms with van der Waals surface area (Å²) in [6, 6.07) is 0. The average molecular weight is 211 g/mol. The molecule has 0 unspecified atom stereocenters. The fourth-order valence-electron chi connectivity index (χ4n) is 1.42. The van der Waals surface area contributed by atoms with Gasteiger partial charge < -0.3 is 16.0 Å². The first kappa shape index (κ1) is 11.7. The molecule has 5 nitrogen and oxygen atoms in total. The van der Waals surface area contributed by atoms with Gasteiger partial charge in [-0.1, -0.05) is 6.08 Å². The number of amides is 2. The minimum absolute atomic E-state index is 0.226. The van der Waals surface area contributed by atoms with E-state index >= 15 is 0 Å². The maximum Gasteiger partial charge on any atom is 0.232 e. The average Bonchev–Trinajstić information content (AvgIpc) is 2.23. The summed E-state index contributed by atoms with van der Waals surface area (Å²) in [5.41, 5.74) is 0. The van der Waals surface area contributed by atoms with E-state index < -0.39 is 5.92 Å². The molecule has 1 rings (SSSR count). The Balaban J connectivity index is 2.61. The van der Waals surface area contributed by atoms with Gasteiger partial charge in [0.1, 0.15) is 5.92 Å². The quantitative estimate of drug-likeness (QED) is 0.406. The van der Waals surface area contributed by atoms with Crippen molar-refractivity contribution in [2.75, 3.05) is 26.2 Å². The van der Waals surface area contributed by atoms with Crippen molar-refractivity contribution in [1.82, 2.24) is 16.0 Å². The Hall–Kier alpha value is -1.36. The van der Waals surface area contributed by atoms with Gasteiger partial charge in [0, 0.05) is 26.2 Å². The van der Waals surface area contributed by atoms with E-state index in [1.165, 1.54) is 0 Å². The van der Waals surface area contributed by atoms with Crippen molar-refractivity contribution >= 4 is 11.8 Å². The fraction of sp³-hybridized carbons (Fsp3) is 0.600. The normalized spacial score (nSPS) is 20.3. The lowest BCUT2D eigenvalue weighted by atomic mass is 10.0. The maximum atomic E-state index is 11.6. The minimum Gasteiger partial charge on any atom is -0.354 e. The van der Waals surface area contributed by atoms with Crippen LogP contribution in [-0.2, 0) is 9.59 Å². The molecule has 84 valence electrons. The molecule has 2 amide bonds. The molecule has 0 bridgehead atoms. The van der Waals surface area contributed by atoms with Crippen LogP contribution >= 0.6 is 0 Å². The van der Waals surface area contributed by atoms with Crippen LogP contribution in [0, 0.1) is 5.92 Å². The second-order valence-electron chi connectivity index (χ2n) is 3.41. The molecule has 15 heavy (non-hydrogen) atoms. The van der Waals surface area contributed by atoms with Crippen molar-refractivity contribution in [3.63, 3.8) is 0 Å². The first-order chi connectivity index (χ1) is 7.25. The van der Waals surface area contributed by atoms with E-state index in [9.17, 15) is 9.59 Å². The molecule has 5 heteroatoms. The summed E-state index contributed by atoms with van der Waals surface area (Å²) in [6.45, 7) is 6.11. The molecule has 0 aromatic heterocycles. The summed E-state index contributed by atoms with van der Waals surface area (Å²) in [5.74, 6) is -1.09. The third kappa shape index (κ3) is 3.71.